The molecule has 1 aromatic carbocycles. The second-order valence-corrected chi connectivity index (χ2v) is 8.64. The average Bonchev–Trinajstić information content (AvgIpc) is 3.16. The molecule has 1 atom stereocenters. The van der Waals surface area contributed by atoms with E-state index in [4.69, 9.17) is 4.74 Å². The van der Waals surface area contributed by atoms with Crippen molar-refractivity contribution in [2.45, 2.75) is 46.1 Å². The summed E-state index contributed by atoms with van der Waals surface area (Å²) >= 11 is 1.42. The summed E-state index contributed by atoms with van der Waals surface area (Å²) in [5.41, 5.74) is 1.23. The minimum Gasteiger partial charge on any atom is -0.451 e. The van der Waals surface area contributed by atoms with Crippen LogP contribution < -0.4 is 5.32 Å². The first-order chi connectivity index (χ1) is 14.4. The minimum absolute atomic E-state index is 0.0322. The van der Waals surface area contributed by atoms with E-state index in [-0.39, 0.29) is 24.2 Å². The van der Waals surface area contributed by atoms with Crippen molar-refractivity contribution in [1.29, 1.82) is 0 Å². The quantitative estimate of drug-likeness (QED) is 0.514. The summed E-state index contributed by atoms with van der Waals surface area (Å²) in [6.45, 7) is 5.95. The lowest BCUT2D eigenvalue weighted by Crippen LogP contribution is -2.36. The molecular weight excluding hydrogens is 400 g/mol. The van der Waals surface area contributed by atoms with Gasteiger partial charge < -0.3 is 10.1 Å². The molecule has 2 aromatic heterocycles. The van der Waals surface area contributed by atoms with Crippen LogP contribution in [-0.2, 0) is 9.53 Å². The maximum absolute atomic E-state index is 12.6. The smallest absolute Gasteiger partial charge is 0.359 e. The maximum atomic E-state index is 12.6. The fraction of sp³-hybridized carbons (Fsp3) is 0.409. The molecule has 0 aliphatic heterocycles. The highest BCUT2D eigenvalue weighted by atomic mass is 32.1. The van der Waals surface area contributed by atoms with Crippen molar-refractivity contribution in [2.24, 2.45) is 5.92 Å². The lowest BCUT2D eigenvalue weighted by Gasteiger charge is -2.14. The Balaban J connectivity index is 1.60. The van der Waals surface area contributed by atoms with Crippen LogP contribution in [0.1, 0.15) is 50.5 Å². The number of nitrogens with zero attached hydrogens (tertiary/aromatic N) is 3. The number of benzene rings is 1. The van der Waals surface area contributed by atoms with Crippen LogP contribution in [0.3, 0.4) is 0 Å². The monoisotopic (exact) mass is 426 g/mol. The second-order valence-electron chi connectivity index (χ2n) is 7.61. The largest absolute Gasteiger partial charge is 0.451 e. The number of hydrogen-bond donors (Lipinski definition) is 1. The second kappa shape index (κ2) is 10.2. The van der Waals surface area contributed by atoms with Gasteiger partial charge in [0, 0.05) is 18.4 Å². The average molecular weight is 427 g/mol. The van der Waals surface area contributed by atoms with Gasteiger partial charge in [-0.2, -0.15) is 0 Å². The Kier molecular flexibility index (Phi) is 7.46. The van der Waals surface area contributed by atoms with Crippen molar-refractivity contribution in [2.75, 3.05) is 6.61 Å². The van der Waals surface area contributed by atoms with Gasteiger partial charge in [-0.15, -0.1) is 11.3 Å². The van der Waals surface area contributed by atoms with E-state index in [1.165, 1.54) is 23.7 Å². The van der Waals surface area contributed by atoms with Crippen molar-refractivity contribution in [3.05, 3.63) is 42.4 Å². The lowest BCUT2D eigenvalue weighted by molar-refractivity contribution is -0.124. The van der Waals surface area contributed by atoms with Gasteiger partial charge in [-0.3, -0.25) is 4.79 Å². The van der Waals surface area contributed by atoms with Crippen LogP contribution in [0.25, 0.3) is 20.9 Å². The number of esters is 1. The van der Waals surface area contributed by atoms with Crippen molar-refractivity contribution < 1.29 is 14.3 Å². The fourth-order valence-corrected chi connectivity index (χ4v) is 4.00. The number of carbonyl (C=O) groups excluding carboxylic acids is 2. The van der Waals surface area contributed by atoms with Crippen LogP contribution >= 0.6 is 11.3 Å². The molecule has 1 amide bonds. The van der Waals surface area contributed by atoms with Crippen LogP contribution in [0.15, 0.2) is 36.7 Å². The van der Waals surface area contributed by atoms with Crippen LogP contribution in [0, 0.1) is 5.92 Å². The Labute approximate surface area is 179 Å². The van der Waals surface area contributed by atoms with E-state index in [0.29, 0.717) is 16.6 Å². The molecule has 3 rings (SSSR count). The molecule has 0 radical (unpaired) electrons. The number of ether oxygens (including phenoxy) is 1. The van der Waals surface area contributed by atoms with Crippen LogP contribution in [-0.4, -0.2) is 39.5 Å². The zero-order chi connectivity index (χ0) is 21.5. The summed E-state index contributed by atoms with van der Waals surface area (Å²) in [6, 6.07) is 7.72. The summed E-state index contributed by atoms with van der Waals surface area (Å²) in [7, 11) is 0. The summed E-state index contributed by atoms with van der Waals surface area (Å²) in [5, 5.41) is 3.44. The summed E-state index contributed by atoms with van der Waals surface area (Å²) < 4.78 is 6.18. The lowest BCUT2D eigenvalue weighted by atomic mass is 10.0. The first-order valence-corrected chi connectivity index (χ1v) is 10.9. The molecule has 0 aliphatic carbocycles. The van der Waals surface area contributed by atoms with E-state index in [2.05, 4.69) is 34.1 Å². The van der Waals surface area contributed by atoms with Crippen molar-refractivity contribution in [3.8, 4) is 10.7 Å². The SMILES string of the molecule is CC(C)CCCC(C)NC(=O)COC(=O)c1nccnc1-c1nc2ccccc2s1. The summed E-state index contributed by atoms with van der Waals surface area (Å²) in [5.74, 6) is -0.378. The third-order valence-electron chi connectivity index (χ3n) is 4.55. The predicted octanol–water partition coefficient (Wildman–Crippen LogP) is 4.24. The van der Waals surface area contributed by atoms with Gasteiger partial charge in [0.1, 0.15) is 10.7 Å². The number of rotatable bonds is 9. The molecular formula is C22H26N4O3S. The molecule has 8 heteroatoms. The van der Waals surface area contributed by atoms with Gasteiger partial charge in [0.25, 0.3) is 5.91 Å². The topological polar surface area (TPSA) is 94.1 Å². The van der Waals surface area contributed by atoms with E-state index in [1.807, 2.05) is 31.2 Å². The van der Waals surface area contributed by atoms with Gasteiger partial charge in [-0.05, 0) is 31.4 Å². The number of thiazole rings is 1. The van der Waals surface area contributed by atoms with E-state index >= 15 is 0 Å². The van der Waals surface area contributed by atoms with Gasteiger partial charge in [-0.1, -0.05) is 38.8 Å². The third-order valence-corrected chi connectivity index (χ3v) is 5.59. The molecule has 7 nitrogen and oxygen atoms in total. The third kappa shape index (κ3) is 5.82. The number of amides is 1. The molecule has 3 aromatic rings. The number of para-hydroxylation sites is 1. The van der Waals surface area contributed by atoms with E-state index in [1.54, 1.807) is 0 Å². The molecule has 0 saturated carbocycles. The molecule has 0 bridgehead atoms. The van der Waals surface area contributed by atoms with Gasteiger partial charge in [0.15, 0.2) is 12.3 Å². The molecule has 0 aliphatic rings. The van der Waals surface area contributed by atoms with Crippen molar-refractivity contribution in [1.82, 2.24) is 20.3 Å². The Hall–Kier alpha value is -2.87. The highest BCUT2D eigenvalue weighted by Gasteiger charge is 2.21. The Bertz CT molecular complexity index is 985. The molecule has 1 unspecified atom stereocenters. The van der Waals surface area contributed by atoms with Crippen LogP contribution in [0.4, 0.5) is 0 Å². The van der Waals surface area contributed by atoms with Crippen LogP contribution in [0.2, 0.25) is 0 Å². The van der Waals surface area contributed by atoms with Gasteiger partial charge in [0.2, 0.25) is 0 Å². The highest BCUT2D eigenvalue weighted by molar-refractivity contribution is 7.21. The molecule has 0 fully saturated rings. The van der Waals surface area contributed by atoms with Crippen molar-refractivity contribution >= 4 is 33.4 Å². The van der Waals surface area contributed by atoms with Crippen molar-refractivity contribution in [3.63, 3.8) is 0 Å². The molecule has 2 heterocycles. The minimum atomic E-state index is -0.694. The standard InChI is InChI=1S/C22H26N4O3S/c1-14(2)7-6-8-15(3)25-18(27)13-29-22(28)20-19(23-11-12-24-20)21-26-16-9-4-5-10-17(16)30-21/h4-5,9-12,14-15H,6-8,13H2,1-3H3,(H,25,27). The van der Waals surface area contributed by atoms with Crippen LogP contribution in [0.5, 0.6) is 0 Å². The molecule has 0 saturated heterocycles. The highest BCUT2D eigenvalue weighted by Crippen LogP contribution is 2.30. The number of aromatic nitrogens is 3. The first kappa shape index (κ1) is 21.8. The Morgan fingerprint density at radius 1 is 1.10 bits per heavy atom. The zero-order valence-electron chi connectivity index (χ0n) is 17.4. The molecule has 158 valence electrons. The zero-order valence-corrected chi connectivity index (χ0v) is 18.2. The van der Waals surface area contributed by atoms with E-state index < -0.39 is 5.97 Å². The summed E-state index contributed by atoms with van der Waals surface area (Å²) in [4.78, 5) is 37.6. The number of fused-ring (bicyclic) bond motifs is 1. The number of hydrogen-bond acceptors (Lipinski definition) is 7. The number of carbonyl (C=O) groups is 2. The first-order valence-electron chi connectivity index (χ1n) is 10.1. The fourth-order valence-electron chi connectivity index (χ4n) is 3.04. The maximum Gasteiger partial charge on any atom is 0.359 e. The van der Waals surface area contributed by atoms with E-state index in [0.717, 1.165) is 29.5 Å². The predicted molar refractivity (Wildman–Crippen MR) is 117 cm³/mol. The Morgan fingerprint density at radius 2 is 1.87 bits per heavy atom. The van der Waals surface area contributed by atoms with Gasteiger partial charge in [-0.25, -0.2) is 19.7 Å². The Morgan fingerprint density at radius 3 is 2.63 bits per heavy atom. The molecule has 0 spiro atoms. The summed E-state index contributed by atoms with van der Waals surface area (Å²) in [6.07, 6.45) is 5.98. The molecule has 30 heavy (non-hydrogen) atoms. The van der Waals surface area contributed by atoms with Gasteiger partial charge >= 0.3 is 5.97 Å². The van der Waals surface area contributed by atoms with Gasteiger partial charge in [0.05, 0.1) is 10.2 Å². The van der Waals surface area contributed by atoms with E-state index in [9.17, 15) is 9.59 Å². The number of nitrogens with one attached hydrogen (secondary N) is 1. The molecule has 1 N–H and O–H groups in total. The normalized spacial score (nSPS) is 12.1.